The summed E-state index contributed by atoms with van der Waals surface area (Å²) < 4.78 is 4.72. The largest absolute Gasteiger partial charge is 0.398 e. The fraction of sp³-hybridized carbons (Fsp3) is 0. The summed E-state index contributed by atoms with van der Waals surface area (Å²) in [7, 11) is 0. The number of nitrogen functional groups attached to an aromatic ring is 2. The number of hydrogen-bond donors (Lipinski definition) is 3. The second kappa shape index (κ2) is 6.50. The van der Waals surface area contributed by atoms with Crippen molar-refractivity contribution in [3.63, 3.8) is 0 Å². The second-order valence-corrected chi connectivity index (χ2v) is 4.76. The number of rotatable bonds is 3. The number of esters is 2. The van der Waals surface area contributed by atoms with Gasteiger partial charge < -0.3 is 21.9 Å². The first-order chi connectivity index (χ1) is 11.3. The Morgan fingerprint density at radius 3 is 1.92 bits per heavy atom. The number of carbonyl (C=O) groups excluding carboxylic acids is 3. The maximum atomic E-state index is 12.0. The maximum absolute atomic E-state index is 12.0. The van der Waals surface area contributed by atoms with E-state index in [1.54, 1.807) is 0 Å². The Kier molecular flexibility index (Phi) is 4.47. The average molecular weight is 324 g/mol. The summed E-state index contributed by atoms with van der Waals surface area (Å²) in [6.45, 7) is 0. The smallest absolute Gasteiger partial charge is 0.348 e. The molecule has 2 aromatic rings. The fourth-order valence-corrected chi connectivity index (χ4v) is 1.91. The number of ether oxygens (including phenoxy) is 1. The molecular weight excluding hydrogens is 312 g/mol. The van der Waals surface area contributed by atoms with Crippen LogP contribution in [0.15, 0.2) is 36.4 Å². The number of nitrogens with two attached hydrogens (primary N) is 3. The van der Waals surface area contributed by atoms with Crippen LogP contribution in [0.3, 0.4) is 0 Å². The number of primary amides is 1. The minimum absolute atomic E-state index is 0.00361. The van der Waals surface area contributed by atoms with Gasteiger partial charge in [0.25, 0.3) is 0 Å². The summed E-state index contributed by atoms with van der Waals surface area (Å²) in [6.07, 6.45) is 0. The van der Waals surface area contributed by atoms with Crippen molar-refractivity contribution >= 4 is 29.2 Å². The number of nitrogens with zero attached hydrogens (tertiary/aromatic N) is 1. The normalized spacial score (nSPS) is 9.79. The van der Waals surface area contributed by atoms with Gasteiger partial charge in [-0.1, -0.05) is 0 Å². The third-order valence-electron chi connectivity index (χ3n) is 3.14. The number of benzene rings is 2. The minimum Gasteiger partial charge on any atom is -0.398 e. The predicted octanol–water partition coefficient (Wildman–Crippen LogP) is 0.819. The Balaban J connectivity index is 2.22. The minimum atomic E-state index is -1.00. The van der Waals surface area contributed by atoms with Crippen LogP contribution in [0.4, 0.5) is 11.4 Å². The number of amides is 1. The van der Waals surface area contributed by atoms with Crippen LogP contribution in [0.1, 0.15) is 36.6 Å². The van der Waals surface area contributed by atoms with Crippen molar-refractivity contribution < 1.29 is 19.1 Å². The fourth-order valence-electron chi connectivity index (χ4n) is 1.91. The number of anilines is 2. The predicted molar refractivity (Wildman–Crippen MR) is 84.7 cm³/mol. The van der Waals surface area contributed by atoms with Gasteiger partial charge in [0.2, 0.25) is 5.91 Å². The SMILES string of the molecule is N#Cc1ccc(C(=O)OC(=O)c2ccc(C(N)=O)cc2N)c(N)c1. The van der Waals surface area contributed by atoms with Crippen molar-refractivity contribution in [3.05, 3.63) is 58.7 Å². The zero-order valence-corrected chi connectivity index (χ0v) is 12.3. The van der Waals surface area contributed by atoms with E-state index in [4.69, 9.17) is 27.2 Å². The van der Waals surface area contributed by atoms with E-state index in [9.17, 15) is 14.4 Å². The van der Waals surface area contributed by atoms with E-state index in [0.717, 1.165) is 0 Å². The van der Waals surface area contributed by atoms with Gasteiger partial charge in [-0.3, -0.25) is 4.79 Å². The molecule has 24 heavy (non-hydrogen) atoms. The van der Waals surface area contributed by atoms with Gasteiger partial charge in [0.1, 0.15) is 0 Å². The second-order valence-electron chi connectivity index (χ2n) is 4.76. The first-order valence-electron chi connectivity index (χ1n) is 6.59. The van der Waals surface area contributed by atoms with E-state index < -0.39 is 17.8 Å². The molecule has 0 saturated carbocycles. The molecule has 0 aromatic heterocycles. The first kappa shape index (κ1) is 16.5. The van der Waals surface area contributed by atoms with Gasteiger partial charge in [0.05, 0.1) is 22.8 Å². The maximum Gasteiger partial charge on any atom is 0.348 e. The summed E-state index contributed by atoms with van der Waals surface area (Å²) in [5.41, 5.74) is 16.6. The molecule has 0 aliphatic heterocycles. The topological polar surface area (TPSA) is 162 Å². The Hall–Kier alpha value is -3.86. The molecule has 0 bridgehead atoms. The molecule has 0 spiro atoms. The molecule has 0 unspecified atom stereocenters. The van der Waals surface area contributed by atoms with E-state index in [0.29, 0.717) is 0 Å². The molecule has 6 N–H and O–H groups in total. The van der Waals surface area contributed by atoms with E-state index in [1.807, 2.05) is 6.07 Å². The number of carbonyl (C=O) groups is 3. The van der Waals surface area contributed by atoms with Gasteiger partial charge in [0, 0.05) is 16.9 Å². The van der Waals surface area contributed by atoms with Crippen LogP contribution in [0.5, 0.6) is 0 Å². The zero-order chi connectivity index (χ0) is 17.9. The number of hydrogen-bond acceptors (Lipinski definition) is 7. The summed E-state index contributed by atoms with van der Waals surface area (Å²) in [6, 6.07) is 9.53. The van der Waals surface area contributed by atoms with Crippen molar-refractivity contribution in [2.24, 2.45) is 5.73 Å². The van der Waals surface area contributed by atoms with Gasteiger partial charge >= 0.3 is 11.9 Å². The summed E-state index contributed by atoms with van der Waals surface area (Å²) >= 11 is 0. The first-order valence-corrected chi connectivity index (χ1v) is 6.59. The summed E-state index contributed by atoms with van der Waals surface area (Å²) in [5.74, 6) is -2.69. The quantitative estimate of drug-likeness (QED) is 0.427. The van der Waals surface area contributed by atoms with Crippen LogP contribution in [-0.4, -0.2) is 17.8 Å². The Morgan fingerprint density at radius 1 is 0.917 bits per heavy atom. The molecule has 0 heterocycles. The molecule has 0 aliphatic carbocycles. The Bertz CT molecular complexity index is 899. The summed E-state index contributed by atoms with van der Waals surface area (Å²) in [5, 5.41) is 8.75. The Morgan fingerprint density at radius 2 is 1.46 bits per heavy atom. The van der Waals surface area contributed by atoms with Crippen LogP contribution in [0, 0.1) is 11.3 Å². The monoisotopic (exact) mass is 324 g/mol. The van der Waals surface area contributed by atoms with Crippen molar-refractivity contribution in [3.8, 4) is 6.07 Å². The molecule has 8 nitrogen and oxygen atoms in total. The van der Waals surface area contributed by atoms with Gasteiger partial charge in [0.15, 0.2) is 0 Å². The van der Waals surface area contributed by atoms with Crippen LogP contribution < -0.4 is 17.2 Å². The lowest BCUT2D eigenvalue weighted by molar-refractivity contribution is 0.0399. The van der Waals surface area contributed by atoms with Crippen molar-refractivity contribution in [2.75, 3.05) is 11.5 Å². The molecule has 0 atom stereocenters. The molecule has 1 amide bonds. The lowest BCUT2D eigenvalue weighted by Crippen LogP contribution is -2.17. The highest BCUT2D eigenvalue weighted by Crippen LogP contribution is 2.19. The van der Waals surface area contributed by atoms with Gasteiger partial charge in [-0.15, -0.1) is 0 Å². The van der Waals surface area contributed by atoms with Gasteiger partial charge in [-0.05, 0) is 36.4 Å². The van der Waals surface area contributed by atoms with Crippen molar-refractivity contribution in [2.45, 2.75) is 0 Å². The van der Waals surface area contributed by atoms with Crippen molar-refractivity contribution in [1.82, 2.24) is 0 Å². The average Bonchev–Trinajstić information content (AvgIpc) is 2.53. The van der Waals surface area contributed by atoms with E-state index >= 15 is 0 Å². The van der Waals surface area contributed by atoms with E-state index in [2.05, 4.69) is 0 Å². The molecule has 2 aromatic carbocycles. The van der Waals surface area contributed by atoms with Gasteiger partial charge in [-0.2, -0.15) is 5.26 Å². The lowest BCUT2D eigenvalue weighted by atomic mass is 10.1. The highest BCUT2D eigenvalue weighted by atomic mass is 16.6. The van der Waals surface area contributed by atoms with Crippen LogP contribution in [0.2, 0.25) is 0 Å². The Labute approximate surface area is 136 Å². The molecule has 0 fully saturated rings. The highest BCUT2D eigenvalue weighted by Gasteiger charge is 2.20. The molecular formula is C16H12N4O4. The third-order valence-corrected chi connectivity index (χ3v) is 3.14. The number of nitriles is 1. The van der Waals surface area contributed by atoms with Crippen LogP contribution in [0.25, 0.3) is 0 Å². The molecule has 0 radical (unpaired) electrons. The zero-order valence-electron chi connectivity index (χ0n) is 12.3. The third kappa shape index (κ3) is 3.31. The lowest BCUT2D eigenvalue weighted by Gasteiger charge is -2.08. The van der Waals surface area contributed by atoms with E-state index in [-0.39, 0.29) is 33.6 Å². The molecule has 8 heteroatoms. The molecule has 120 valence electrons. The van der Waals surface area contributed by atoms with E-state index in [1.165, 1.54) is 36.4 Å². The molecule has 0 saturated heterocycles. The molecule has 2 rings (SSSR count). The molecule has 0 aliphatic rings. The van der Waals surface area contributed by atoms with Crippen molar-refractivity contribution in [1.29, 1.82) is 5.26 Å². The van der Waals surface area contributed by atoms with Crippen LogP contribution >= 0.6 is 0 Å². The van der Waals surface area contributed by atoms with Gasteiger partial charge in [-0.25, -0.2) is 9.59 Å². The van der Waals surface area contributed by atoms with Crippen LogP contribution in [-0.2, 0) is 4.74 Å². The summed E-state index contributed by atoms with van der Waals surface area (Å²) in [4.78, 5) is 35.1. The highest BCUT2D eigenvalue weighted by molar-refractivity contribution is 6.07. The standard InChI is InChI=1S/C16H12N4O4/c17-7-8-1-3-10(12(18)5-8)15(22)24-16(23)11-4-2-9(14(20)21)6-13(11)19/h1-6H,18-19H2,(H2,20,21).